The third-order valence-corrected chi connectivity index (χ3v) is 3.82. The lowest BCUT2D eigenvalue weighted by molar-refractivity contribution is 0.144. The highest BCUT2D eigenvalue weighted by Gasteiger charge is 2.17. The number of sulfonamides is 1. The van der Waals surface area contributed by atoms with Crippen molar-refractivity contribution in [2.45, 2.75) is 11.3 Å². The summed E-state index contributed by atoms with van der Waals surface area (Å²) in [6.45, 7) is 4.51. The van der Waals surface area contributed by atoms with Crippen LogP contribution in [0.1, 0.15) is 12.0 Å². The van der Waals surface area contributed by atoms with Gasteiger partial charge >= 0.3 is 0 Å². The first-order chi connectivity index (χ1) is 9.11. The quantitative estimate of drug-likeness (QED) is 0.577. The summed E-state index contributed by atoms with van der Waals surface area (Å²) in [5, 5.41) is 8.87. The Bertz CT molecular complexity index is 561. The number of benzene rings is 1. The van der Waals surface area contributed by atoms with E-state index in [1.807, 2.05) is 6.07 Å². The second-order valence-corrected chi connectivity index (χ2v) is 5.43. The van der Waals surface area contributed by atoms with Gasteiger partial charge in [-0.05, 0) is 18.6 Å². The van der Waals surface area contributed by atoms with Gasteiger partial charge in [-0.15, -0.1) is 6.58 Å². The van der Waals surface area contributed by atoms with Gasteiger partial charge < -0.3 is 4.74 Å². The van der Waals surface area contributed by atoms with E-state index >= 15 is 0 Å². The van der Waals surface area contributed by atoms with E-state index in [9.17, 15) is 8.42 Å². The summed E-state index contributed by atoms with van der Waals surface area (Å²) in [7, 11) is -3.67. The molecule has 0 aromatic heterocycles. The summed E-state index contributed by atoms with van der Waals surface area (Å²) in [6.07, 6.45) is 2.46. The van der Waals surface area contributed by atoms with Crippen molar-refractivity contribution in [3.63, 3.8) is 0 Å². The fourth-order valence-electron chi connectivity index (χ4n) is 1.39. The number of nitrogens with one attached hydrogen (secondary N) is 1. The number of ether oxygens (including phenoxy) is 1. The van der Waals surface area contributed by atoms with Crippen LogP contribution in [0.15, 0.2) is 41.8 Å². The Hall–Kier alpha value is -1.68. The Labute approximate surface area is 113 Å². The van der Waals surface area contributed by atoms with Crippen molar-refractivity contribution in [1.29, 1.82) is 5.26 Å². The van der Waals surface area contributed by atoms with Gasteiger partial charge in [0.15, 0.2) is 0 Å². The van der Waals surface area contributed by atoms with E-state index in [2.05, 4.69) is 11.3 Å². The van der Waals surface area contributed by atoms with Gasteiger partial charge in [0.25, 0.3) is 0 Å². The second-order valence-electron chi connectivity index (χ2n) is 3.70. The zero-order valence-corrected chi connectivity index (χ0v) is 11.3. The summed E-state index contributed by atoms with van der Waals surface area (Å²) in [5.41, 5.74) is 0.127. The van der Waals surface area contributed by atoms with Crippen LogP contribution in [0, 0.1) is 11.3 Å². The minimum atomic E-state index is -3.67. The molecule has 6 heteroatoms. The Morgan fingerprint density at radius 1 is 1.37 bits per heavy atom. The molecule has 0 amide bonds. The molecular formula is C13H16N2O3S. The lowest BCUT2D eigenvalue weighted by Crippen LogP contribution is -2.28. The van der Waals surface area contributed by atoms with Gasteiger partial charge in [0.05, 0.1) is 23.7 Å². The van der Waals surface area contributed by atoms with Crippen LogP contribution in [0.3, 0.4) is 0 Å². The number of rotatable bonds is 8. The average Bonchev–Trinajstić information content (AvgIpc) is 2.42. The van der Waals surface area contributed by atoms with E-state index in [0.29, 0.717) is 6.61 Å². The van der Waals surface area contributed by atoms with Crippen molar-refractivity contribution < 1.29 is 13.2 Å². The van der Waals surface area contributed by atoms with Crippen LogP contribution in [0.2, 0.25) is 0 Å². The maximum atomic E-state index is 12.0. The lowest BCUT2D eigenvalue weighted by Gasteiger charge is -2.08. The molecule has 0 saturated carbocycles. The van der Waals surface area contributed by atoms with Gasteiger partial charge in [-0.2, -0.15) is 5.26 Å². The van der Waals surface area contributed by atoms with Crippen LogP contribution in [0.4, 0.5) is 0 Å². The van der Waals surface area contributed by atoms with Gasteiger partial charge in [-0.1, -0.05) is 18.2 Å². The summed E-state index contributed by atoms with van der Waals surface area (Å²) >= 11 is 0. The maximum absolute atomic E-state index is 12.0. The van der Waals surface area contributed by atoms with Gasteiger partial charge in [0, 0.05) is 6.54 Å². The molecule has 19 heavy (non-hydrogen) atoms. The fraction of sp³-hybridized carbons (Fsp3) is 0.308. The predicted molar refractivity (Wildman–Crippen MR) is 72.0 cm³/mol. The Kier molecular flexibility index (Phi) is 6.22. The molecule has 1 aromatic rings. The molecule has 0 aliphatic rings. The first-order valence-electron chi connectivity index (χ1n) is 5.79. The minimum absolute atomic E-state index is 0.0106. The van der Waals surface area contributed by atoms with Crippen molar-refractivity contribution >= 4 is 10.0 Å². The predicted octanol–water partition coefficient (Wildman–Crippen LogP) is 1.43. The monoisotopic (exact) mass is 280 g/mol. The van der Waals surface area contributed by atoms with Crippen molar-refractivity contribution in [1.82, 2.24) is 4.72 Å². The normalized spacial score (nSPS) is 10.9. The smallest absolute Gasteiger partial charge is 0.241 e. The summed E-state index contributed by atoms with van der Waals surface area (Å²) < 4.78 is 31.5. The Balaban J connectivity index is 2.57. The van der Waals surface area contributed by atoms with Gasteiger partial charge in [0.1, 0.15) is 6.07 Å². The van der Waals surface area contributed by atoms with Gasteiger partial charge in [-0.25, -0.2) is 13.1 Å². The van der Waals surface area contributed by atoms with Crippen molar-refractivity contribution in [2.75, 3.05) is 19.8 Å². The molecule has 1 aromatic carbocycles. The third kappa shape index (κ3) is 4.83. The van der Waals surface area contributed by atoms with Crippen LogP contribution >= 0.6 is 0 Å². The van der Waals surface area contributed by atoms with E-state index in [4.69, 9.17) is 10.00 Å². The molecule has 0 unspecified atom stereocenters. The first-order valence-corrected chi connectivity index (χ1v) is 7.27. The largest absolute Gasteiger partial charge is 0.380 e. The summed E-state index contributed by atoms with van der Waals surface area (Å²) in [6, 6.07) is 7.93. The second kappa shape index (κ2) is 7.69. The molecule has 0 heterocycles. The first kappa shape index (κ1) is 15.4. The van der Waals surface area contributed by atoms with Crippen LogP contribution in [0.25, 0.3) is 0 Å². The van der Waals surface area contributed by atoms with Crippen LogP contribution in [-0.4, -0.2) is 28.2 Å². The lowest BCUT2D eigenvalue weighted by atomic mass is 10.2. The molecule has 102 valence electrons. The van der Waals surface area contributed by atoms with Crippen LogP contribution in [0.5, 0.6) is 0 Å². The number of hydrogen-bond acceptors (Lipinski definition) is 4. The number of nitrogens with zero attached hydrogens (tertiary/aromatic N) is 1. The summed E-state index contributed by atoms with van der Waals surface area (Å²) in [5.74, 6) is 0. The average molecular weight is 280 g/mol. The molecule has 0 saturated heterocycles. The van der Waals surface area contributed by atoms with E-state index in [0.717, 1.165) is 6.42 Å². The highest BCUT2D eigenvalue weighted by atomic mass is 32.2. The molecule has 5 nitrogen and oxygen atoms in total. The van der Waals surface area contributed by atoms with E-state index in [1.165, 1.54) is 12.1 Å². The molecule has 0 aliphatic heterocycles. The third-order valence-electron chi connectivity index (χ3n) is 2.30. The topological polar surface area (TPSA) is 79.2 Å². The molecule has 0 atom stereocenters. The van der Waals surface area contributed by atoms with E-state index in [-0.39, 0.29) is 23.6 Å². The highest BCUT2D eigenvalue weighted by Crippen LogP contribution is 2.13. The zero-order chi connectivity index (χ0) is 14.1. The number of hydrogen-bond donors (Lipinski definition) is 1. The molecule has 0 spiro atoms. The van der Waals surface area contributed by atoms with Crippen molar-refractivity contribution in [2.24, 2.45) is 0 Å². The molecular weight excluding hydrogens is 264 g/mol. The molecule has 0 fully saturated rings. The zero-order valence-electron chi connectivity index (χ0n) is 10.5. The van der Waals surface area contributed by atoms with Gasteiger partial charge in [0.2, 0.25) is 10.0 Å². The van der Waals surface area contributed by atoms with Crippen molar-refractivity contribution in [3.8, 4) is 6.07 Å². The van der Waals surface area contributed by atoms with E-state index in [1.54, 1.807) is 18.2 Å². The number of nitriles is 1. The standard InChI is InChI=1S/C13H16N2O3S/c1-2-3-9-18-10-8-15-19(16,17)13-7-5-4-6-12(13)11-14/h2,4-7,15H,1,3,8-10H2. The van der Waals surface area contributed by atoms with Crippen LogP contribution < -0.4 is 4.72 Å². The van der Waals surface area contributed by atoms with E-state index < -0.39 is 10.0 Å². The maximum Gasteiger partial charge on any atom is 0.241 e. The fourth-order valence-corrected chi connectivity index (χ4v) is 2.56. The highest BCUT2D eigenvalue weighted by molar-refractivity contribution is 7.89. The molecule has 0 radical (unpaired) electrons. The van der Waals surface area contributed by atoms with Crippen molar-refractivity contribution in [3.05, 3.63) is 42.5 Å². The minimum Gasteiger partial charge on any atom is -0.380 e. The SMILES string of the molecule is C=CCCOCCNS(=O)(=O)c1ccccc1C#N. The molecule has 1 N–H and O–H groups in total. The Morgan fingerprint density at radius 2 is 2.11 bits per heavy atom. The van der Waals surface area contributed by atoms with Crippen LogP contribution in [-0.2, 0) is 14.8 Å². The van der Waals surface area contributed by atoms with Gasteiger partial charge in [-0.3, -0.25) is 0 Å². The molecule has 1 rings (SSSR count). The molecule has 0 aliphatic carbocycles. The molecule has 0 bridgehead atoms. The summed E-state index contributed by atoms with van der Waals surface area (Å²) in [4.78, 5) is -0.0106. The Morgan fingerprint density at radius 3 is 2.79 bits per heavy atom.